The summed E-state index contributed by atoms with van der Waals surface area (Å²) in [5.41, 5.74) is 0.761. The monoisotopic (exact) mass is 384 g/mol. The molecular weight excluding hydrogens is 377 g/mol. The molecule has 0 aliphatic heterocycles. The topological polar surface area (TPSA) is 24.9 Å². The Morgan fingerprint density at radius 3 is 2.65 bits per heavy atom. The molecule has 1 N–H and O–H groups in total. The number of halogens is 5. The average Bonchev–Trinajstić information content (AvgIpc) is 2.84. The molecule has 0 saturated heterocycles. The van der Waals surface area contributed by atoms with E-state index in [1.807, 2.05) is 0 Å². The van der Waals surface area contributed by atoms with Crippen LogP contribution in [0.5, 0.6) is 0 Å². The van der Waals surface area contributed by atoms with E-state index in [-0.39, 0.29) is 0 Å². The maximum Gasteiger partial charge on any atom is 0.443 e. The van der Waals surface area contributed by atoms with Crippen LogP contribution in [0, 0.1) is 0 Å². The largest absolute Gasteiger partial charge is 0.443 e. The van der Waals surface area contributed by atoms with Gasteiger partial charge in [0.25, 0.3) is 0 Å². The van der Waals surface area contributed by atoms with Gasteiger partial charge in [0.1, 0.15) is 0 Å². The molecule has 1 heterocycles. The minimum atomic E-state index is -4.42. The predicted molar refractivity (Wildman–Crippen MR) is 77.2 cm³/mol. The number of hydrogen-bond acceptors (Lipinski definition) is 3. The van der Waals surface area contributed by atoms with E-state index < -0.39 is 17.2 Å². The number of alkyl halides is 3. The van der Waals surface area contributed by atoms with Crippen LogP contribution in [0.15, 0.2) is 28.9 Å². The lowest BCUT2D eigenvalue weighted by Gasteiger charge is -2.16. The number of nitrogens with zero attached hydrogens (tertiary/aromatic N) is 1. The highest BCUT2D eigenvalue weighted by Gasteiger charge is 2.35. The quantitative estimate of drug-likeness (QED) is 0.814. The molecule has 20 heavy (non-hydrogen) atoms. The van der Waals surface area contributed by atoms with Gasteiger partial charge in [0.2, 0.25) is 0 Å². The van der Waals surface area contributed by atoms with Gasteiger partial charge in [0.15, 0.2) is 5.01 Å². The molecule has 0 bridgehead atoms. The zero-order valence-electron chi connectivity index (χ0n) is 10.1. The Balaban J connectivity index is 2.42. The van der Waals surface area contributed by atoms with Crippen molar-refractivity contribution >= 4 is 38.9 Å². The van der Waals surface area contributed by atoms with Gasteiger partial charge in [-0.05, 0) is 30.8 Å². The molecule has 1 atom stereocenters. The van der Waals surface area contributed by atoms with Gasteiger partial charge in [0, 0.05) is 20.6 Å². The summed E-state index contributed by atoms with van der Waals surface area (Å²) in [7, 11) is 1.67. The van der Waals surface area contributed by atoms with Gasteiger partial charge in [-0.1, -0.05) is 27.5 Å². The molecule has 1 aromatic heterocycles. The lowest BCUT2D eigenvalue weighted by molar-refractivity contribution is -0.137. The molecule has 108 valence electrons. The van der Waals surface area contributed by atoms with Crippen molar-refractivity contribution in [3.8, 4) is 0 Å². The standard InChI is InChI=1S/C12H9BrClF3N2S/c1-18-10(7-4-6(14)2-3-8(7)13)9-5-19-11(20-9)12(15,16)17/h2-5,10,18H,1H3. The molecule has 0 amide bonds. The maximum absolute atomic E-state index is 12.6. The number of benzene rings is 1. The fourth-order valence-electron chi connectivity index (χ4n) is 1.74. The molecule has 2 rings (SSSR count). The third-order valence-corrected chi connectivity index (χ3v) is 4.67. The molecule has 8 heteroatoms. The number of rotatable bonds is 3. The van der Waals surface area contributed by atoms with E-state index >= 15 is 0 Å². The molecule has 2 nitrogen and oxygen atoms in total. The maximum atomic E-state index is 12.6. The van der Waals surface area contributed by atoms with Crippen LogP contribution in [-0.4, -0.2) is 12.0 Å². The number of hydrogen-bond donors (Lipinski definition) is 1. The Morgan fingerprint density at radius 1 is 1.40 bits per heavy atom. The molecular formula is C12H9BrClF3N2S. The number of nitrogens with one attached hydrogen (secondary N) is 1. The van der Waals surface area contributed by atoms with Crippen molar-refractivity contribution in [3.63, 3.8) is 0 Å². The van der Waals surface area contributed by atoms with E-state index in [2.05, 4.69) is 26.2 Å². The summed E-state index contributed by atoms with van der Waals surface area (Å²) >= 11 is 9.94. The zero-order chi connectivity index (χ0) is 14.9. The average molecular weight is 386 g/mol. The van der Waals surface area contributed by atoms with Crippen LogP contribution in [0.4, 0.5) is 13.2 Å². The van der Waals surface area contributed by atoms with Gasteiger partial charge in [-0.2, -0.15) is 13.2 Å². The van der Waals surface area contributed by atoms with Gasteiger partial charge in [-0.3, -0.25) is 0 Å². The minimum absolute atomic E-state index is 0.406. The van der Waals surface area contributed by atoms with E-state index in [0.29, 0.717) is 21.2 Å². The summed E-state index contributed by atoms with van der Waals surface area (Å²) in [5.74, 6) is 0. The molecule has 0 spiro atoms. The van der Waals surface area contributed by atoms with Gasteiger partial charge < -0.3 is 5.32 Å². The van der Waals surface area contributed by atoms with Crippen molar-refractivity contribution in [2.75, 3.05) is 7.05 Å². The van der Waals surface area contributed by atoms with Crippen molar-refractivity contribution in [3.05, 3.63) is 49.3 Å². The Hall–Kier alpha value is -0.630. The van der Waals surface area contributed by atoms with Crippen LogP contribution in [-0.2, 0) is 6.18 Å². The SMILES string of the molecule is CNC(c1cnc(C(F)(F)F)s1)c1cc(Cl)ccc1Br. The Labute approximate surface area is 131 Å². The second kappa shape index (κ2) is 6.01. The Bertz CT molecular complexity index is 615. The van der Waals surface area contributed by atoms with E-state index in [9.17, 15) is 13.2 Å². The molecule has 0 radical (unpaired) electrons. The smallest absolute Gasteiger partial charge is 0.309 e. The predicted octanol–water partition coefficient (Wildman–Crippen LogP) is 4.89. The lowest BCUT2D eigenvalue weighted by atomic mass is 10.1. The van der Waals surface area contributed by atoms with Crippen LogP contribution in [0.1, 0.15) is 21.5 Å². The molecule has 1 aromatic carbocycles. The fourth-order valence-corrected chi connectivity index (χ4v) is 3.31. The van der Waals surface area contributed by atoms with Crippen LogP contribution < -0.4 is 5.32 Å². The summed E-state index contributed by atoms with van der Waals surface area (Å²) < 4.78 is 38.6. The first kappa shape index (κ1) is 15.8. The van der Waals surface area contributed by atoms with Crippen LogP contribution >= 0.6 is 38.9 Å². The zero-order valence-corrected chi connectivity index (χ0v) is 13.3. The third-order valence-electron chi connectivity index (χ3n) is 2.61. The first-order chi connectivity index (χ1) is 9.32. The molecule has 0 fully saturated rings. The van der Waals surface area contributed by atoms with Crippen LogP contribution in [0.2, 0.25) is 5.02 Å². The van der Waals surface area contributed by atoms with Crippen molar-refractivity contribution in [2.24, 2.45) is 0 Å². The van der Waals surface area contributed by atoms with Crippen LogP contribution in [0.3, 0.4) is 0 Å². The highest BCUT2D eigenvalue weighted by molar-refractivity contribution is 9.10. The normalized spacial score (nSPS) is 13.5. The molecule has 1 unspecified atom stereocenters. The third kappa shape index (κ3) is 3.33. The molecule has 0 aliphatic carbocycles. The number of aromatic nitrogens is 1. The molecule has 0 aliphatic rings. The summed E-state index contributed by atoms with van der Waals surface area (Å²) in [4.78, 5) is 3.91. The fraction of sp³-hybridized carbons (Fsp3) is 0.250. The van der Waals surface area contributed by atoms with Crippen molar-refractivity contribution in [1.82, 2.24) is 10.3 Å². The van der Waals surface area contributed by atoms with Crippen molar-refractivity contribution in [2.45, 2.75) is 12.2 Å². The molecule has 0 saturated carbocycles. The van der Waals surface area contributed by atoms with Crippen molar-refractivity contribution in [1.29, 1.82) is 0 Å². The van der Waals surface area contributed by atoms with Crippen LogP contribution in [0.25, 0.3) is 0 Å². The first-order valence-corrected chi connectivity index (χ1v) is 7.47. The second-order valence-corrected chi connectivity index (χ2v) is 6.31. The summed E-state index contributed by atoms with van der Waals surface area (Å²) in [6, 6.07) is 4.76. The molecule has 2 aromatic rings. The summed E-state index contributed by atoms with van der Waals surface area (Å²) in [6.07, 6.45) is -3.19. The summed E-state index contributed by atoms with van der Waals surface area (Å²) in [5, 5.41) is 2.64. The van der Waals surface area contributed by atoms with Gasteiger partial charge >= 0.3 is 6.18 Å². The number of thiazole rings is 1. The highest BCUT2D eigenvalue weighted by Crippen LogP contribution is 2.37. The van der Waals surface area contributed by atoms with Gasteiger partial charge in [0.05, 0.1) is 6.04 Å². The first-order valence-electron chi connectivity index (χ1n) is 5.48. The van der Waals surface area contributed by atoms with E-state index in [1.54, 1.807) is 25.2 Å². The lowest BCUT2D eigenvalue weighted by Crippen LogP contribution is -2.17. The van der Waals surface area contributed by atoms with Gasteiger partial charge in [-0.25, -0.2) is 4.98 Å². The van der Waals surface area contributed by atoms with Crippen molar-refractivity contribution < 1.29 is 13.2 Å². The second-order valence-electron chi connectivity index (χ2n) is 3.95. The minimum Gasteiger partial charge on any atom is -0.309 e. The van der Waals surface area contributed by atoms with E-state index in [1.165, 1.54) is 6.20 Å². The van der Waals surface area contributed by atoms with E-state index in [0.717, 1.165) is 10.0 Å². The van der Waals surface area contributed by atoms with Gasteiger partial charge in [-0.15, -0.1) is 11.3 Å². The highest BCUT2D eigenvalue weighted by atomic mass is 79.9. The Kier molecular flexibility index (Phi) is 4.73. The summed E-state index contributed by atoms with van der Waals surface area (Å²) in [6.45, 7) is 0. The Morgan fingerprint density at radius 2 is 2.10 bits per heavy atom. The van der Waals surface area contributed by atoms with E-state index in [4.69, 9.17) is 11.6 Å².